The molecule has 1 heterocycles. The zero-order valence-electron chi connectivity index (χ0n) is 9.78. The maximum Gasteiger partial charge on any atom is 0.137 e. The average molecular weight is 253 g/mol. The summed E-state index contributed by atoms with van der Waals surface area (Å²) in [6, 6.07) is 2.22. The van der Waals surface area contributed by atoms with Gasteiger partial charge in [0.2, 0.25) is 0 Å². The van der Waals surface area contributed by atoms with Gasteiger partial charge in [-0.2, -0.15) is 22.1 Å². The minimum absolute atomic E-state index is 0.680. The molecule has 0 N–H and O–H groups in total. The molecule has 86 valence electrons. The van der Waals surface area contributed by atoms with Crippen LogP contribution in [0.1, 0.15) is 23.7 Å². The summed E-state index contributed by atoms with van der Waals surface area (Å²) < 4.78 is 0. The third-order valence-electron chi connectivity index (χ3n) is 2.20. The number of nitriles is 1. The molecule has 0 amide bonds. The van der Waals surface area contributed by atoms with Crippen molar-refractivity contribution in [1.29, 1.82) is 5.26 Å². The second kappa shape index (κ2) is 6.77. The summed E-state index contributed by atoms with van der Waals surface area (Å²) in [5.41, 5.74) is 2.46. The van der Waals surface area contributed by atoms with Crippen molar-refractivity contribution in [3.05, 3.63) is 16.8 Å². The Bertz CT molecular complexity index is 399. The molecule has 1 rings (SSSR count). The summed E-state index contributed by atoms with van der Waals surface area (Å²) >= 11 is 3.51. The van der Waals surface area contributed by atoms with Crippen LogP contribution in [0.3, 0.4) is 0 Å². The molecule has 16 heavy (non-hydrogen) atoms. The minimum Gasteiger partial charge on any atom is -0.192 e. The molecule has 3 nitrogen and oxygen atoms in total. The molecule has 0 saturated carbocycles. The van der Waals surface area contributed by atoms with E-state index in [1.54, 1.807) is 11.8 Å². The molecule has 0 saturated heterocycles. The number of rotatable bonds is 5. The van der Waals surface area contributed by atoms with Crippen LogP contribution < -0.4 is 0 Å². The fourth-order valence-electron chi connectivity index (χ4n) is 1.16. The summed E-state index contributed by atoms with van der Waals surface area (Å²) in [4.78, 5) is 0. The molecule has 1 aromatic heterocycles. The minimum atomic E-state index is 0.680. The highest BCUT2D eigenvalue weighted by atomic mass is 32.2. The lowest BCUT2D eigenvalue weighted by Gasteiger charge is -2.05. The van der Waals surface area contributed by atoms with Crippen LogP contribution in [0.2, 0.25) is 0 Å². The molecule has 0 aliphatic carbocycles. The predicted octanol–water partition coefficient (Wildman–Crippen LogP) is 2.81. The standard InChI is InChI=1S/C11H15N3S2/c1-4-15-5-6-16-11-10(7-12)8(2)9(3)13-14-11/h4-6H2,1-3H3. The van der Waals surface area contributed by atoms with Gasteiger partial charge in [0, 0.05) is 11.5 Å². The van der Waals surface area contributed by atoms with E-state index in [2.05, 4.69) is 23.2 Å². The second-order valence-electron chi connectivity index (χ2n) is 3.25. The number of thioether (sulfide) groups is 2. The monoisotopic (exact) mass is 253 g/mol. The Labute approximate surface area is 105 Å². The molecule has 0 aromatic carbocycles. The van der Waals surface area contributed by atoms with E-state index in [0.29, 0.717) is 5.56 Å². The van der Waals surface area contributed by atoms with Crippen molar-refractivity contribution in [1.82, 2.24) is 10.2 Å². The Kier molecular flexibility index (Phi) is 5.64. The van der Waals surface area contributed by atoms with Crippen LogP contribution in [-0.4, -0.2) is 27.5 Å². The molecule has 0 aliphatic heterocycles. The van der Waals surface area contributed by atoms with Crippen LogP contribution in [-0.2, 0) is 0 Å². The van der Waals surface area contributed by atoms with Crippen LogP contribution in [0.5, 0.6) is 0 Å². The number of hydrogen-bond donors (Lipinski definition) is 0. The fourth-order valence-corrected chi connectivity index (χ4v) is 2.89. The van der Waals surface area contributed by atoms with Crippen LogP contribution in [0.15, 0.2) is 5.03 Å². The number of hydrogen-bond acceptors (Lipinski definition) is 5. The predicted molar refractivity (Wildman–Crippen MR) is 69.9 cm³/mol. The van der Waals surface area contributed by atoms with Crippen molar-refractivity contribution in [2.24, 2.45) is 0 Å². The first-order valence-corrected chi connectivity index (χ1v) is 7.29. The molecular formula is C11H15N3S2. The molecule has 0 unspecified atom stereocenters. The molecule has 0 atom stereocenters. The lowest BCUT2D eigenvalue weighted by Crippen LogP contribution is -1.99. The van der Waals surface area contributed by atoms with Crippen LogP contribution in [0.25, 0.3) is 0 Å². The van der Waals surface area contributed by atoms with Gasteiger partial charge in [0.25, 0.3) is 0 Å². The van der Waals surface area contributed by atoms with Gasteiger partial charge < -0.3 is 0 Å². The quantitative estimate of drug-likeness (QED) is 0.596. The zero-order valence-corrected chi connectivity index (χ0v) is 11.4. The second-order valence-corrected chi connectivity index (χ2v) is 5.73. The van der Waals surface area contributed by atoms with E-state index in [0.717, 1.165) is 33.5 Å². The molecule has 0 aliphatic rings. The van der Waals surface area contributed by atoms with Crippen molar-refractivity contribution in [2.75, 3.05) is 17.3 Å². The number of aromatic nitrogens is 2. The normalized spacial score (nSPS) is 10.1. The Morgan fingerprint density at radius 2 is 2.00 bits per heavy atom. The first-order chi connectivity index (χ1) is 7.70. The Hall–Kier alpha value is -0.730. The van der Waals surface area contributed by atoms with Gasteiger partial charge in [-0.1, -0.05) is 6.92 Å². The molecule has 0 fully saturated rings. The van der Waals surface area contributed by atoms with E-state index in [1.807, 2.05) is 25.6 Å². The Morgan fingerprint density at radius 3 is 2.62 bits per heavy atom. The van der Waals surface area contributed by atoms with Gasteiger partial charge in [0.05, 0.1) is 11.3 Å². The number of nitrogens with zero attached hydrogens (tertiary/aromatic N) is 3. The average Bonchev–Trinajstić information content (AvgIpc) is 2.29. The van der Waals surface area contributed by atoms with E-state index in [9.17, 15) is 0 Å². The van der Waals surface area contributed by atoms with E-state index < -0.39 is 0 Å². The highest BCUT2D eigenvalue weighted by Gasteiger charge is 2.10. The lowest BCUT2D eigenvalue weighted by atomic mass is 10.1. The molecule has 5 heteroatoms. The van der Waals surface area contributed by atoms with Gasteiger partial charge in [-0.25, -0.2) is 0 Å². The van der Waals surface area contributed by atoms with Gasteiger partial charge in [-0.05, 0) is 25.2 Å². The fraction of sp³-hybridized carbons (Fsp3) is 0.545. The van der Waals surface area contributed by atoms with Gasteiger partial charge in [0.15, 0.2) is 0 Å². The maximum absolute atomic E-state index is 9.09. The zero-order chi connectivity index (χ0) is 12.0. The number of aryl methyl sites for hydroxylation is 1. The first kappa shape index (κ1) is 13.3. The molecule has 0 bridgehead atoms. The van der Waals surface area contributed by atoms with Crippen molar-refractivity contribution >= 4 is 23.5 Å². The topological polar surface area (TPSA) is 49.6 Å². The van der Waals surface area contributed by atoms with Crippen LogP contribution in [0, 0.1) is 25.2 Å². The van der Waals surface area contributed by atoms with Crippen molar-refractivity contribution < 1.29 is 0 Å². The molecular weight excluding hydrogens is 238 g/mol. The highest BCUT2D eigenvalue weighted by molar-refractivity contribution is 8.02. The third-order valence-corrected chi connectivity index (χ3v) is 4.33. The van der Waals surface area contributed by atoms with Gasteiger partial charge in [-0.15, -0.1) is 16.9 Å². The van der Waals surface area contributed by atoms with Crippen LogP contribution in [0.4, 0.5) is 0 Å². The van der Waals surface area contributed by atoms with E-state index in [-0.39, 0.29) is 0 Å². The smallest absolute Gasteiger partial charge is 0.137 e. The van der Waals surface area contributed by atoms with Crippen LogP contribution >= 0.6 is 23.5 Å². The van der Waals surface area contributed by atoms with Gasteiger partial charge >= 0.3 is 0 Å². The summed E-state index contributed by atoms with van der Waals surface area (Å²) in [6.45, 7) is 5.95. The van der Waals surface area contributed by atoms with Crippen molar-refractivity contribution in [3.63, 3.8) is 0 Å². The van der Waals surface area contributed by atoms with E-state index in [1.165, 1.54) is 0 Å². The van der Waals surface area contributed by atoms with E-state index >= 15 is 0 Å². The lowest BCUT2D eigenvalue weighted by molar-refractivity contribution is 0.871. The molecule has 0 spiro atoms. The molecule has 0 radical (unpaired) electrons. The summed E-state index contributed by atoms with van der Waals surface area (Å²) in [5.74, 6) is 3.19. The van der Waals surface area contributed by atoms with Gasteiger partial charge in [-0.3, -0.25) is 0 Å². The summed E-state index contributed by atoms with van der Waals surface area (Å²) in [7, 11) is 0. The van der Waals surface area contributed by atoms with E-state index in [4.69, 9.17) is 5.26 Å². The summed E-state index contributed by atoms with van der Waals surface area (Å²) in [5, 5.41) is 18.0. The Morgan fingerprint density at radius 1 is 1.25 bits per heavy atom. The third kappa shape index (κ3) is 3.39. The van der Waals surface area contributed by atoms with Gasteiger partial charge in [0.1, 0.15) is 11.1 Å². The summed E-state index contributed by atoms with van der Waals surface area (Å²) in [6.07, 6.45) is 0. The largest absolute Gasteiger partial charge is 0.192 e. The Balaban J connectivity index is 2.73. The first-order valence-electron chi connectivity index (χ1n) is 5.15. The SMILES string of the molecule is CCSCCSc1nnc(C)c(C)c1C#N. The van der Waals surface area contributed by atoms with Crippen molar-refractivity contribution in [2.45, 2.75) is 25.8 Å². The van der Waals surface area contributed by atoms with Crippen molar-refractivity contribution in [3.8, 4) is 6.07 Å². The maximum atomic E-state index is 9.09. The molecule has 1 aromatic rings. The highest BCUT2D eigenvalue weighted by Crippen LogP contribution is 2.23.